The van der Waals surface area contributed by atoms with Crippen LogP contribution in [0.2, 0.25) is 0 Å². The maximum Gasteiger partial charge on any atom is 0.0158 e. The Labute approximate surface area is 156 Å². The summed E-state index contributed by atoms with van der Waals surface area (Å²) in [4.78, 5) is 0. The summed E-state index contributed by atoms with van der Waals surface area (Å²) in [5.74, 6) is 0. The first-order valence-corrected chi connectivity index (χ1v) is 9.22. The van der Waals surface area contributed by atoms with E-state index in [1.807, 2.05) is 0 Å². The third-order valence-corrected chi connectivity index (χ3v) is 5.40. The van der Waals surface area contributed by atoms with E-state index in [2.05, 4.69) is 112 Å². The molecule has 26 heavy (non-hydrogen) atoms. The molecular formula is C26H24. The summed E-state index contributed by atoms with van der Waals surface area (Å²) in [5.41, 5.74) is 7.23. The molecule has 5 rings (SSSR count). The summed E-state index contributed by atoms with van der Waals surface area (Å²) < 4.78 is 0. The van der Waals surface area contributed by atoms with Gasteiger partial charge in [-0.05, 0) is 39.9 Å². The first-order valence-electron chi connectivity index (χ1n) is 9.22. The van der Waals surface area contributed by atoms with Crippen LogP contribution in [-0.4, -0.2) is 0 Å². The van der Waals surface area contributed by atoms with E-state index < -0.39 is 0 Å². The number of hydrogen-bond donors (Lipinski definition) is 0. The van der Waals surface area contributed by atoms with Crippen molar-refractivity contribution in [3.63, 3.8) is 0 Å². The van der Waals surface area contributed by atoms with Crippen LogP contribution in [0.25, 0.3) is 21.9 Å². The molecular weight excluding hydrogens is 312 g/mol. The summed E-state index contributed by atoms with van der Waals surface area (Å²) in [6.45, 7) is 6.80. The van der Waals surface area contributed by atoms with Crippen molar-refractivity contribution in [1.82, 2.24) is 0 Å². The molecule has 0 nitrogen and oxygen atoms in total. The Kier molecular flexibility index (Phi) is 4.12. The molecule has 1 aliphatic carbocycles. The van der Waals surface area contributed by atoms with Gasteiger partial charge in [0.1, 0.15) is 0 Å². The van der Waals surface area contributed by atoms with E-state index in [1.165, 1.54) is 38.6 Å². The van der Waals surface area contributed by atoms with Crippen molar-refractivity contribution in [3.05, 3.63) is 108 Å². The van der Waals surface area contributed by atoms with Crippen molar-refractivity contribution in [2.24, 2.45) is 0 Å². The number of aryl methyl sites for hydroxylation is 1. The van der Waals surface area contributed by atoms with Crippen LogP contribution in [0.3, 0.4) is 0 Å². The van der Waals surface area contributed by atoms with Crippen LogP contribution in [0, 0.1) is 6.92 Å². The lowest BCUT2D eigenvalue weighted by molar-refractivity contribution is 0.660. The van der Waals surface area contributed by atoms with Gasteiger partial charge in [0.25, 0.3) is 0 Å². The predicted octanol–water partition coefficient (Wildman–Crippen LogP) is 7.14. The summed E-state index contributed by atoms with van der Waals surface area (Å²) >= 11 is 0. The SMILES string of the molecule is Cc1ccc2c(c1)C(C)(C)c1ccccc1-2.c1ccc2ccccc2c1. The molecule has 0 aromatic heterocycles. The fraction of sp³-hybridized carbons (Fsp3) is 0.154. The second-order valence-corrected chi connectivity index (χ2v) is 7.57. The standard InChI is InChI=1S/C16H16.C10H8/c1-11-8-9-13-12-6-4-5-7-14(12)16(2,3)15(13)10-11;1-2-6-10-8-4-3-7-9(10)5-1/h4-10H,1-3H3;1-8H. The van der Waals surface area contributed by atoms with Gasteiger partial charge in [-0.1, -0.05) is 110 Å². The van der Waals surface area contributed by atoms with Crippen molar-refractivity contribution >= 4 is 10.8 Å². The zero-order valence-electron chi connectivity index (χ0n) is 15.7. The molecule has 0 unspecified atom stereocenters. The normalized spacial score (nSPS) is 13.5. The Morgan fingerprint density at radius 2 is 1.04 bits per heavy atom. The van der Waals surface area contributed by atoms with E-state index in [1.54, 1.807) is 0 Å². The minimum atomic E-state index is 0.151. The third kappa shape index (κ3) is 2.82. The number of fused-ring (bicyclic) bond motifs is 4. The predicted molar refractivity (Wildman–Crippen MR) is 113 cm³/mol. The van der Waals surface area contributed by atoms with Crippen molar-refractivity contribution in [1.29, 1.82) is 0 Å². The second-order valence-electron chi connectivity index (χ2n) is 7.57. The highest BCUT2D eigenvalue weighted by Crippen LogP contribution is 2.48. The molecule has 0 fully saturated rings. The van der Waals surface area contributed by atoms with Crippen molar-refractivity contribution in [3.8, 4) is 11.1 Å². The van der Waals surface area contributed by atoms with Gasteiger partial charge in [0.05, 0.1) is 0 Å². The van der Waals surface area contributed by atoms with E-state index in [9.17, 15) is 0 Å². The average Bonchev–Trinajstić information content (AvgIpc) is 2.90. The van der Waals surface area contributed by atoms with E-state index in [4.69, 9.17) is 0 Å². The molecule has 0 amide bonds. The molecule has 0 heterocycles. The molecule has 0 saturated heterocycles. The van der Waals surface area contributed by atoms with Crippen molar-refractivity contribution in [2.45, 2.75) is 26.2 Å². The van der Waals surface area contributed by atoms with Crippen molar-refractivity contribution in [2.75, 3.05) is 0 Å². The molecule has 0 saturated carbocycles. The number of hydrogen-bond acceptors (Lipinski definition) is 0. The van der Waals surface area contributed by atoms with Crippen LogP contribution in [0.1, 0.15) is 30.5 Å². The lowest BCUT2D eigenvalue weighted by Crippen LogP contribution is -2.14. The van der Waals surface area contributed by atoms with Crippen LogP contribution >= 0.6 is 0 Å². The van der Waals surface area contributed by atoms with Gasteiger partial charge >= 0.3 is 0 Å². The molecule has 0 N–H and O–H groups in total. The van der Waals surface area contributed by atoms with Gasteiger partial charge in [0.15, 0.2) is 0 Å². The van der Waals surface area contributed by atoms with Crippen LogP contribution in [-0.2, 0) is 5.41 Å². The van der Waals surface area contributed by atoms with Gasteiger partial charge < -0.3 is 0 Å². The van der Waals surface area contributed by atoms with Crippen LogP contribution in [0.4, 0.5) is 0 Å². The van der Waals surface area contributed by atoms with E-state index in [-0.39, 0.29) is 5.41 Å². The van der Waals surface area contributed by atoms with Gasteiger partial charge in [-0.25, -0.2) is 0 Å². The summed E-state index contributed by atoms with van der Waals surface area (Å²) in [6.07, 6.45) is 0. The Hall–Kier alpha value is -2.86. The minimum absolute atomic E-state index is 0.151. The van der Waals surface area contributed by atoms with Crippen LogP contribution < -0.4 is 0 Å². The molecule has 128 valence electrons. The van der Waals surface area contributed by atoms with Crippen molar-refractivity contribution < 1.29 is 0 Å². The molecule has 0 heteroatoms. The third-order valence-electron chi connectivity index (χ3n) is 5.40. The van der Waals surface area contributed by atoms with Gasteiger partial charge in [0.2, 0.25) is 0 Å². The highest BCUT2D eigenvalue weighted by Gasteiger charge is 2.34. The fourth-order valence-corrected chi connectivity index (χ4v) is 3.95. The monoisotopic (exact) mass is 336 g/mol. The molecule has 0 radical (unpaired) electrons. The molecule has 0 atom stereocenters. The van der Waals surface area contributed by atoms with Gasteiger partial charge in [0, 0.05) is 5.41 Å². The summed E-state index contributed by atoms with van der Waals surface area (Å²) in [6, 6.07) is 32.3. The molecule has 4 aromatic rings. The lowest BCUT2D eigenvalue weighted by atomic mass is 9.82. The topological polar surface area (TPSA) is 0 Å². The fourth-order valence-electron chi connectivity index (χ4n) is 3.95. The molecule has 0 bridgehead atoms. The first-order chi connectivity index (χ1) is 12.6. The molecule has 4 aromatic carbocycles. The largest absolute Gasteiger partial charge is 0.0619 e. The zero-order chi connectivity index (χ0) is 18.1. The molecule has 0 spiro atoms. The maximum absolute atomic E-state index is 2.33. The first kappa shape index (κ1) is 16.6. The Bertz CT molecular complexity index is 1000. The Morgan fingerprint density at radius 1 is 0.538 bits per heavy atom. The van der Waals surface area contributed by atoms with Gasteiger partial charge in [-0.15, -0.1) is 0 Å². The van der Waals surface area contributed by atoms with E-state index in [0.29, 0.717) is 0 Å². The van der Waals surface area contributed by atoms with Crippen LogP contribution in [0.15, 0.2) is 91.0 Å². The van der Waals surface area contributed by atoms with Gasteiger partial charge in [-0.2, -0.15) is 0 Å². The number of rotatable bonds is 0. The second kappa shape index (κ2) is 6.46. The molecule has 0 aliphatic heterocycles. The van der Waals surface area contributed by atoms with E-state index >= 15 is 0 Å². The minimum Gasteiger partial charge on any atom is -0.0619 e. The summed E-state index contributed by atoms with van der Waals surface area (Å²) in [5, 5.41) is 2.62. The Morgan fingerprint density at radius 3 is 1.65 bits per heavy atom. The highest BCUT2D eigenvalue weighted by atomic mass is 14.4. The number of benzene rings is 4. The zero-order valence-corrected chi connectivity index (χ0v) is 15.7. The lowest BCUT2D eigenvalue weighted by Gasteiger charge is -2.21. The average molecular weight is 336 g/mol. The smallest absolute Gasteiger partial charge is 0.0158 e. The summed E-state index contributed by atoms with van der Waals surface area (Å²) in [7, 11) is 0. The maximum atomic E-state index is 2.33. The van der Waals surface area contributed by atoms with Crippen LogP contribution in [0.5, 0.6) is 0 Å². The molecule has 1 aliphatic rings. The quantitative estimate of drug-likeness (QED) is 0.320. The highest BCUT2D eigenvalue weighted by molar-refractivity contribution is 5.82. The van der Waals surface area contributed by atoms with E-state index in [0.717, 1.165) is 0 Å². The van der Waals surface area contributed by atoms with Gasteiger partial charge in [-0.3, -0.25) is 0 Å². The Balaban J connectivity index is 0.000000144.